The number of anilines is 2. The van der Waals surface area contributed by atoms with Crippen molar-refractivity contribution in [2.24, 2.45) is 5.92 Å². The lowest BCUT2D eigenvalue weighted by Crippen LogP contribution is -2.41. The van der Waals surface area contributed by atoms with Crippen LogP contribution in [0.15, 0.2) is 42.7 Å². The van der Waals surface area contributed by atoms with Crippen LogP contribution in [0.2, 0.25) is 0 Å². The van der Waals surface area contributed by atoms with Crippen molar-refractivity contribution in [1.29, 1.82) is 0 Å². The Hall–Kier alpha value is -2.47. The van der Waals surface area contributed by atoms with Crippen LogP contribution in [0.5, 0.6) is 0 Å². The summed E-state index contributed by atoms with van der Waals surface area (Å²) in [6.45, 7) is 3.98. The van der Waals surface area contributed by atoms with Crippen LogP contribution in [0.4, 0.5) is 11.6 Å². The van der Waals surface area contributed by atoms with Gasteiger partial charge in [0.05, 0.1) is 12.6 Å². The van der Waals surface area contributed by atoms with E-state index in [1.165, 1.54) is 0 Å². The average molecular weight is 314 g/mol. The lowest BCUT2D eigenvalue weighted by molar-refractivity contribution is 0.0891. The van der Waals surface area contributed by atoms with E-state index in [9.17, 15) is 9.90 Å². The second-order valence-electron chi connectivity index (χ2n) is 5.42. The lowest BCUT2D eigenvalue weighted by atomic mass is 9.99. The van der Waals surface area contributed by atoms with E-state index in [2.05, 4.69) is 20.6 Å². The lowest BCUT2D eigenvalue weighted by Gasteiger charge is -2.22. The van der Waals surface area contributed by atoms with Crippen molar-refractivity contribution in [3.05, 3.63) is 48.3 Å². The minimum absolute atomic E-state index is 0.0638. The van der Waals surface area contributed by atoms with Crippen molar-refractivity contribution in [3.63, 3.8) is 0 Å². The molecule has 23 heavy (non-hydrogen) atoms. The fraction of sp³-hybridized carbons (Fsp3) is 0.353. The SMILES string of the molecule is CC[C@H](C)[C@H](CO)NC(=O)c1ccc(Nc2ncccn2)cc1. The summed E-state index contributed by atoms with van der Waals surface area (Å²) in [5, 5.41) is 15.3. The Bertz CT molecular complexity index is 616. The van der Waals surface area contributed by atoms with Gasteiger partial charge in [-0.15, -0.1) is 0 Å². The van der Waals surface area contributed by atoms with Gasteiger partial charge < -0.3 is 15.7 Å². The van der Waals surface area contributed by atoms with Gasteiger partial charge in [-0.1, -0.05) is 20.3 Å². The quantitative estimate of drug-likeness (QED) is 0.730. The molecular formula is C17H22N4O2. The number of aliphatic hydroxyl groups excluding tert-OH is 1. The number of nitrogens with one attached hydrogen (secondary N) is 2. The van der Waals surface area contributed by atoms with Crippen molar-refractivity contribution in [2.75, 3.05) is 11.9 Å². The summed E-state index contributed by atoms with van der Waals surface area (Å²) in [6, 6.07) is 8.55. The first-order valence-corrected chi connectivity index (χ1v) is 7.69. The van der Waals surface area contributed by atoms with Gasteiger partial charge in [0.1, 0.15) is 0 Å². The third-order valence-corrected chi connectivity index (χ3v) is 3.81. The zero-order chi connectivity index (χ0) is 16.7. The molecule has 0 spiro atoms. The molecule has 2 aromatic rings. The molecule has 0 unspecified atom stereocenters. The van der Waals surface area contributed by atoms with E-state index in [1.54, 1.807) is 42.7 Å². The number of carbonyl (C=O) groups excluding carboxylic acids is 1. The van der Waals surface area contributed by atoms with E-state index in [0.29, 0.717) is 11.5 Å². The average Bonchev–Trinajstić information content (AvgIpc) is 2.60. The molecule has 0 aliphatic carbocycles. The maximum Gasteiger partial charge on any atom is 0.251 e. The normalized spacial score (nSPS) is 13.2. The van der Waals surface area contributed by atoms with E-state index < -0.39 is 0 Å². The standard InChI is InChI=1S/C17H22N4O2/c1-3-12(2)15(11-22)21-16(23)13-5-7-14(8-6-13)20-17-18-9-4-10-19-17/h4-10,12,15,22H,3,11H2,1-2H3,(H,21,23)(H,18,19,20)/t12-,15-/m0/s1. The third-order valence-electron chi connectivity index (χ3n) is 3.81. The molecule has 122 valence electrons. The van der Waals surface area contributed by atoms with E-state index in [0.717, 1.165) is 12.1 Å². The number of hydrogen-bond acceptors (Lipinski definition) is 5. The molecule has 0 aliphatic heterocycles. The number of aliphatic hydroxyl groups is 1. The number of carbonyl (C=O) groups is 1. The first kappa shape index (κ1) is 16.9. The Morgan fingerprint density at radius 3 is 2.43 bits per heavy atom. The molecule has 0 bridgehead atoms. The summed E-state index contributed by atoms with van der Waals surface area (Å²) < 4.78 is 0. The van der Waals surface area contributed by atoms with Gasteiger partial charge in [-0.2, -0.15) is 0 Å². The highest BCUT2D eigenvalue weighted by Gasteiger charge is 2.18. The molecule has 1 aromatic heterocycles. The van der Waals surface area contributed by atoms with Crippen LogP contribution in [-0.2, 0) is 0 Å². The second-order valence-corrected chi connectivity index (χ2v) is 5.42. The van der Waals surface area contributed by atoms with Crippen molar-refractivity contribution in [3.8, 4) is 0 Å². The highest BCUT2D eigenvalue weighted by Crippen LogP contribution is 2.14. The van der Waals surface area contributed by atoms with E-state index in [4.69, 9.17) is 0 Å². The maximum absolute atomic E-state index is 12.2. The van der Waals surface area contributed by atoms with Gasteiger partial charge in [0.2, 0.25) is 5.95 Å². The fourth-order valence-corrected chi connectivity index (χ4v) is 2.10. The monoisotopic (exact) mass is 314 g/mol. The van der Waals surface area contributed by atoms with Gasteiger partial charge >= 0.3 is 0 Å². The van der Waals surface area contributed by atoms with Crippen LogP contribution in [0.25, 0.3) is 0 Å². The molecule has 3 N–H and O–H groups in total. The number of amides is 1. The van der Waals surface area contributed by atoms with Crippen LogP contribution in [0.1, 0.15) is 30.6 Å². The predicted molar refractivity (Wildman–Crippen MR) is 89.6 cm³/mol. The minimum Gasteiger partial charge on any atom is -0.394 e. The molecule has 0 aliphatic rings. The molecule has 0 saturated heterocycles. The smallest absolute Gasteiger partial charge is 0.251 e. The topological polar surface area (TPSA) is 87.1 Å². The van der Waals surface area contributed by atoms with Crippen molar-refractivity contribution >= 4 is 17.5 Å². The van der Waals surface area contributed by atoms with Gasteiger partial charge in [-0.3, -0.25) is 4.79 Å². The van der Waals surface area contributed by atoms with Crippen molar-refractivity contribution in [2.45, 2.75) is 26.3 Å². The number of aromatic nitrogens is 2. The summed E-state index contributed by atoms with van der Waals surface area (Å²) in [5.41, 5.74) is 1.35. The van der Waals surface area contributed by atoms with Gasteiger partial charge in [-0.05, 0) is 36.2 Å². The van der Waals surface area contributed by atoms with Crippen molar-refractivity contribution in [1.82, 2.24) is 15.3 Å². The highest BCUT2D eigenvalue weighted by molar-refractivity contribution is 5.94. The summed E-state index contributed by atoms with van der Waals surface area (Å²) >= 11 is 0. The molecule has 1 aromatic carbocycles. The van der Waals surface area contributed by atoms with Crippen LogP contribution in [0, 0.1) is 5.92 Å². The number of rotatable bonds is 7. The Kier molecular flexibility index (Phi) is 6.05. The third kappa shape index (κ3) is 4.75. The number of hydrogen-bond donors (Lipinski definition) is 3. The Balaban J connectivity index is 2.00. The molecule has 1 heterocycles. The summed E-state index contributed by atoms with van der Waals surface area (Å²) in [7, 11) is 0. The minimum atomic E-state index is -0.233. The highest BCUT2D eigenvalue weighted by atomic mass is 16.3. The molecule has 0 radical (unpaired) electrons. The molecule has 2 rings (SSSR count). The van der Waals surface area contributed by atoms with Crippen LogP contribution in [0.3, 0.4) is 0 Å². The van der Waals surface area contributed by atoms with Crippen LogP contribution < -0.4 is 10.6 Å². The molecule has 2 atom stereocenters. The van der Waals surface area contributed by atoms with Gasteiger partial charge in [0.15, 0.2) is 0 Å². The Morgan fingerprint density at radius 1 is 1.22 bits per heavy atom. The van der Waals surface area contributed by atoms with Crippen molar-refractivity contribution < 1.29 is 9.90 Å². The van der Waals surface area contributed by atoms with E-state index in [-0.39, 0.29) is 24.5 Å². The molecule has 6 nitrogen and oxygen atoms in total. The molecule has 1 amide bonds. The van der Waals surface area contributed by atoms with E-state index >= 15 is 0 Å². The second kappa shape index (κ2) is 8.24. The molecule has 0 saturated carbocycles. The summed E-state index contributed by atoms with van der Waals surface area (Å²) in [6.07, 6.45) is 4.20. The maximum atomic E-state index is 12.2. The van der Waals surface area contributed by atoms with Crippen LogP contribution >= 0.6 is 0 Å². The van der Waals surface area contributed by atoms with E-state index in [1.807, 2.05) is 13.8 Å². The summed E-state index contributed by atoms with van der Waals surface area (Å²) in [5.74, 6) is 0.536. The molecule has 0 fully saturated rings. The predicted octanol–water partition coefficient (Wildman–Crippen LogP) is 2.36. The largest absolute Gasteiger partial charge is 0.394 e. The zero-order valence-corrected chi connectivity index (χ0v) is 13.4. The van der Waals surface area contributed by atoms with Gasteiger partial charge in [0, 0.05) is 23.6 Å². The summed E-state index contributed by atoms with van der Waals surface area (Å²) in [4.78, 5) is 20.4. The first-order valence-electron chi connectivity index (χ1n) is 7.69. The Morgan fingerprint density at radius 2 is 1.87 bits per heavy atom. The number of benzene rings is 1. The number of nitrogens with zero attached hydrogens (tertiary/aromatic N) is 2. The molecular weight excluding hydrogens is 292 g/mol. The van der Waals surface area contributed by atoms with Gasteiger partial charge in [0.25, 0.3) is 5.91 Å². The fourth-order valence-electron chi connectivity index (χ4n) is 2.10. The Labute approximate surface area is 136 Å². The zero-order valence-electron chi connectivity index (χ0n) is 13.4. The first-order chi connectivity index (χ1) is 11.1. The van der Waals surface area contributed by atoms with Crippen LogP contribution in [-0.4, -0.2) is 33.6 Å². The molecule has 6 heteroatoms. The van der Waals surface area contributed by atoms with Gasteiger partial charge in [-0.25, -0.2) is 9.97 Å².